The molecule has 0 amide bonds. The second kappa shape index (κ2) is 5.01. The van der Waals surface area contributed by atoms with Crippen molar-refractivity contribution in [3.8, 4) is 0 Å². The van der Waals surface area contributed by atoms with E-state index in [9.17, 15) is 10.1 Å². The van der Waals surface area contributed by atoms with Crippen molar-refractivity contribution in [1.82, 2.24) is 19.3 Å². The lowest BCUT2D eigenvalue weighted by atomic mass is 10.2. The Hall–Kier alpha value is -2.70. The number of nitro benzene ring substituents is 1. The maximum absolute atomic E-state index is 10.9. The Kier molecular flexibility index (Phi) is 3.17. The third-order valence-corrected chi connectivity index (χ3v) is 3.42. The molecule has 0 aliphatic heterocycles. The van der Waals surface area contributed by atoms with Crippen molar-refractivity contribution < 1.29 is 4.92 Å². The predicted molar refractivity (Wildman–Crippen MR) is 78.1 cm³/mol. The van der Waals surface area contributed by atoms with E-state index in [0.29, 0.717) is 6.54 Å². The fourth-order valence-electron chi connectivity index (χ4n) is 2.39. The molecule has 7 nitrogen and oxygen atoms in total. The van der Waals surface area contributed by atoms with Crippen molar-refractivity contribution >= 4 is 16.6 Å². The first kappa shape index (κ1) is 13.3. The van der Waals surface area contributed by atoms with Crippen LogP contribution in [0.2, 0.25) is 0 Å². The number of nitrogens with zero attached hydrogens (tertiary/aromatic N) is 5. The van der Waals surface area contributed by atoms with Crippen LogP contribution in [0.3, 0.4) is 0 Å². The molecule has 3 aromatic rings. The molecule has 7 heteroatoms. The normalized spacial score (nSPS) is 11.4. The van der Waals surface area contributed by atoms with Crippen LogP contribution in [0.15, 0.2) is 36.8 Å². The molecule has 0 unspecified atom stereocenters. The first-order valence-electron chi connectivity index (χ1n) is 6.68. The summed E-state index contributed by atoms with van der Waals surface area (Å²) in [5.41, 5.74) is 0.912. The molecule has 0 aliphatic rings. The van der Waals surface area contributed by atoms with Gasteiger partial charge in [0, 0.05) is 29.8 Å². The van der Waals surface area contributed by atoms with Crippen molar-refractivity contribution in [2.45, 2.75) is 26.4 Å². The monoisotopic (exact) mass is 285 g/mol. The fraction of sp³-hybridized carbons (Fsp3) is 0.286. The second-order valence-electron chi connectivity index (χ2n) is 5.16. The Labute approximate surface area is 121 Å². The van der Waals surface area contributed by atoms with Gasteiger partial charge in [-0.25, -0.2) is 9.67 Å². The van der Waals surface area contributed by atoms with E-state index in [1.807, 2.05) is 35.4 Å². The van der Waals surface area contributed by atoms with Crippen LogP contribution in [-0.4, -0.2) is 24.3 Å². The number of aromatic nitrogens is 4. The summed E-state index contributed by atoms with van der Waals surface area (Å²) in [7, 11) is 0. The number of fused-ring (bicyclic) bond motifs is 1. The molecule has 0 saturated carbocycles. The van der Waals surface area contributed by atoms with Crippen molar-refractivity contribution in [1.29, 1.82) is 0 Å². The zero-order chi connectivity index (χ0) is 15.0. The highest BCUT2D eigenvalue weighted by Gasteiger charge is 2.12. The minimum Gasteiger partial charge on any atom is -0.340 e. The first-order chi connectivity index (χ1) is 10.1. The number of hydrogen-bond acceptors (Lipinski definition) is 4. The summed E-state index contributed by atoms with van der Waals surface area (Å²) in [6, 6.07) is 7.03. The highest BCUT2D eigenvalue weighted by atomic mass is 16.6. The van der Waals surface area contributed by atoms with Crippen LogP contribution < -0.4 is 0 Å². The lowest BCUT2D eigenvalue weighted by Gasteiger charge is -2.10. The Morgan fingerprint density at radius 2 is 2.14 bits per heavy atom. The van der Waals surface area contributed by atoms with Gasteiger partial charge in [0.05, 0.1) is 17.0 Å². The molecule has 1 aromatic carbocycles. The number of benzene rings is 1. The van der Waals surface area contributed by atoms with Crippen LogP contribution in [0.5, 0.6) is 0 Å². The highest BCUT2D eigenvalue weighted by molar-refractivity contribution is 5.82. The maximum Gasteiger partial charge on any atom is 0.271 e. The predicted octanol–water partition coefficient (Wildman–Crippen LogP) is 2.77. The van der Waals surface area contributed by atoms with E-state index in [1.165, 1.54) is 12.4 Å². The molecule has 108 valence electrons. The van der Waals surface area contributed by atoms with Gasteiger partial charge >= 0.3 is 0 Å². The SMILES string of the molecule is CC(C)n1ncnc1Cn1ccc2ccc([N+](=O)[O-])cc21. The van der Waals surface area contributed by atoms with E-state index in [4.69, 9.17) is 0 Å². The first-order valence-corrected chi connectivity index (χ1v) is 6.68. The standard InChI is InChI=1S/C14H15N5O2/c1-10(2)18-14(15-9-16-18)8-17-6-5-11-3-4-12(19(20)21)7-13(11)17/h3-7,9-10H,8H2,1-2H3. The highest BCUT2D eigenvalue weighted by Crippen LogP contribution is 2.22. The molecule has 0 bridgehead atoms. The average molecular weight is 285 g/mol. The van der Waals surface area contributed by atoms with Crippen LogP contribution in [0, 0.1) is 10.1 Å². The Morgan fingerprint density at radius 1 is 1.33 bits per heavy atom. The van der Waals surface area contributed by atoms with Crippen LogP contribution in [0.1, 0.15) is 25.7 Å². The van der Waals surface area contributed by atoms with Gasteiger partial charge in [0.25, 0.3) is 5.69 Å². The van der Waals surface area contributed by atoms with Crippen LogP contribution in [0.25, 0.3) is 10.9 Å². The Morgan fingerprint density at radius 3 is 2.86 bits per heavy atom. The summed E-state index contributed by atoms with van der Waals surface area (Å²) >= 11 is 0. The molecule has 0 aliphatic carbocycles. The molecule has 2 aromatic heterocycles. The summed E-state index contributed by atoms with van der Waals surface area (Å²) in [5, 5.41) is 16.1. The molecule has 21 heavy (non-hydrogen) atoms. The van der Waals surface area contributed by atoms with Crippen molar-refractivity contribution in [3.05, 3.63) is 52.7 Å². The largest absolute Gasteiger partial charge is 0.340 e. The van der Waals surface area contributed by atoms with E-state index in [1.54, 1.807) is 12.1 Å². The molecule has 0 saturated heterocycles. The summed E-state index contributed by atoms with van der Waals surface area (Å²) in [5.74, 6) is 0.828. The number of non-ortho nitro benzene ring substituents is 1. The second-order valence-corrected chi connectivity index (χ2v) is 5.16. The summed E-state index contributed by atoms with van der Waals surface area (Å²) < 4.78 is 3.80. The Balaban J connectivity index is 2.02. The molecule has 2 heterocycles. The zero-order valence-corrected chi connectivity index (χ0v) is 11.8. The number of nitro groups is 1. The smallest absolute Gasteiger partial charge is 0.271 e. The van der Waals surface area contributed by atoms with E-state index >= 15 is 0 Å². The van der Waals surface area contributed by atoms with E-state index < -0.39 is 0 Å². The van der Waals surface area contributed by atoms with E-state index in [0.717, 1.165) is 16.7 Å². The molecular formula is C14H15N5O2. The number of hydrogen-bond donors (Lipinski definition) is 0. The molecule has 0 radical (unpaired) electrons. The summed E-state index contributed by atoms with van der Waals surface area (Å²) in [6.45, 7) is 4.61. The lowest BCUT2D eigenvalue weighted by molar-refractivity contribution is -0.384. The molecule has 0 fully saturated rings. The Bertz CT molecular complexity index is 803. The van der Waals surface area contributed by atoms with Gasteiger partial charge in [-0.15, -0.1) is 0 Å². The van der Waals surface area contributed by atoms with Crippen molar-refractivity contribution in [3.63, 3.8) is 0 Å². The molecule has 0 N–H and O–H groups in total. The van der Waals surface area contributed by atoms with Crippen LogP contribution in [0.4, 0.5) is 5.69 Å². The van der Waals surface area contributed by atoms with Gasteiger partial charge in [-0.2, -0.15) is 5.10 Å². The minimum atomic E-state index is -0.382. The maximum atomic E-state index is 10.9. The third kappa shape index (κ3) is 2.37. The molecule has 0 atom stereocenters. The van der Waals surface area contributed by atoms with Gasteiger partial charge in [-0.1, -0.05) is 0 Å². The van der Waals surface area contributed by atoms with Gasteiger partial charge in [0.1, 0.15) is 12.2 Å². The number of rotatable bonds is 4. The van der Waals surface area contributed by atoms with Crippen LogP contribution in [-0.2, 0) is 6.54 Å². The topological polar surface area (TPSA) is 78.8 Å². The summed E-state index contributed by atoms with van der Waals surface area (Å²) in [6.07, 6.45) is 3.44. The van der Waals surface area contributed by atoms with E-state index in [-0.39, 0.29) is 16.7 Å². The quantitative estimate of drug-likeness (QED) is 0.545. The molecule has 3 rings (SSSR count). The minimum absolute atomic E-state index is 0.0905. The lowest BCUT2D eigenvalue weighted by Crippen LogP contribution is -2.11. The van der Waals surface area contributed by atoms with Gasteiger partial charge in [0.2, 0.25) is 0 Å². The fourth-order valence-corrected chi connectivity index (χ4v) is 2.39. The molecule has 0 spiro atoms. The molecular weight excluding hydrogens is 270 g/mol. The van der Waals surface area contributed by atoms with Crippen molar-refractivity contribution in [2.75, 3.05) is 0 Å². The van der Waals surface area contributed by atoms with Gasteiger partial charge in [0.15, 0.2) is 0 Å². The van der Waals surface area contributed by atoms with Crippen LogP contribution >= 0.6 is 0 Å². The van der Waals surface area contributed by atoms with Gasteiger partial charge in [-0.05, 0) is 26.0 Å². The zero-order valence-electron chi connectivity index (χ0n) is 11.8. The summed E-state index contributed by atoms with van der Waals surface area (Å²) in [4.78, 5) is 14.8. The van der Waals surface area contributed by atoms with E-state index in [2.05, 4.69) is 10.1 Å². The average Bonchev–Trinajstić information content (AvgIpc) is 3.06. The van der Waals surface area contributed by atoms with Gasteiger partial charge < -0.3 is 4.57 Å². The third-order valence-electron chi connectivity index (χ3n) is 3.42. The van der Waals surface area contributed by atoms with Gasteiger partial charge in [-0.3, -0.25) is 10.1 Å². The van der Waals surface area contributed by atoms with Crippen molar-refractivity contribution in [2.24, 2.45) is 0 Å².